The van der Waals surface area contributed by atoms with Crippen molar-refractivity contribution < 1.29 is 0 Å². The minimum Gasteiger partial charge on any atom is -0.397 e. The summed E-state index contributed by atoms with van der Waals surface area (Å²) in [6.07, 6.45) is 5.93. The first-order chi connectivity index (χ1) is 8.34. The second-order valence-electron chi connectivity index (χ2n) is 4.78. The van der Waals surface area contributed by atoms with Crippen LogP contribution in [0.3, 0.4) is 0 Å². The molecule has 1 aromatic carbocycles. The molecule has 88 valence electrons. The van der Waals surface area contributed by atoms with Gasteiger partial charge in [0, 0.05) is 23.8 Å². The highest BCUT2D eigenvalue weighted by Crippen LogP contribution is 2.29. The molecular formula is C14H17N3. The molecular weight excluding hydrogens is 210 g/mol. The average Bonchev–Trinajstić information content (AvgIpc) is 2.28. The van der Waals surface area contributed by atoms with Crippen LogP contribution in [0.25, 0.3) is 10.9 Å². The average molecular weight is 227 g/mol. The number of pyridine rings is 1. The maximum absolute atomic E-state index is 5.93. The molecule has 0 aliphatic heterocycles. The number of nitrogens with two attached hydrogens (primary N) is 1. The van der Waals surface area contributed by atoms with Gasteiger partial charge < -0.3 is 11.1 Å². The fraction of sp³-hybridized carbons (Fsp3) is 0.357. The molecule has 0 spiro atoms. The fourth-order valence-corrected chi connectivity index (χ4v) is 2.30. The zero-order valence-electron chi connectivity index (χ0n) is 9.82. The number of nitrogens with zero attached hydrogens (tertiary/aromatic N) is 1. The zero-order valence-corrected chi connectivity index (χ0v) is 9.82. The Balaban J connectivity index is 1.90. The van der Waals surface area contributed by atoms with Crippen molar-refractivity contribution in [3.8, 4) is 0 Å². The summed E-state index contributed by atoms with van der Waals surface area (Å²) in [5, 5.41) is 4.64. The number of para-hydroxylation sites is 1. The summed E-state index contributed by atoms with van der Waals surface area (Å²) in [6, 6.07) is 7.97. The van der Waals surface area contributed by atoms with Crippen LogP contribution in [0.15, 0.2) is 30.5 Å². The summed E-state index contributed by atoms with van der Waals surface area (Å²) in [5.74, 6) is 0.847. The lowest BCUT2D eigenvalue weighted by Gasteiger charge is -2.26. The molecule has 0 bridgehead atoms. The summed E-state index contributed by atoms with van der Waals surface area (Å²) >= 11 is 0. The van der Waals surface area contributed by atoms with Crippen molar-refractivity contribution in [3.63, 3.8) is 0 Å². The first-order valence-electron chi connectivity index (χ1n) is 6.21. The van der Waals surface area contributed by atoms with Crippen molar-refractivity contribution in [3.05, 3.63) is 30.5 Å². The second kappa shape index (κ2) is 4.24. The molecule has 0 radical (unpaired) electrons. The Morgan fingerprint density at radius 1 is 1.29 bits per heavy atom. The van der Waals surface area contributed by atoms with Gasteiger partial charge in [-0.1, -0.05) is 18.6 Å². The van der Waals surface area contributed by atoms with Crippen molar-refractivity contribution in [2.45, 2.75) is 19.3 Å². The third kappa shape index (κ3) is 1.93. The normalized spacial score (nSPS) is 15.8. The van der Waals surface area contributed by atoms with Crippen LogP contribution in [-0.2, 0) is 0 Å². The predicted octanol–water partition coefficient (Wildman–Crippen LogP) is 3.03. The lowest BCUT2D eigenvalue weighted by Crippen LogP contribution is -2.20. The van der Waals surface area contributed by atoms with E-state index in [0.717, 1.165) is 34.7 Å². The predicted molar refractivity (Wildman–Crippen MR) is 72.0 cm³/mol. The molecule has 1 aromatic heterocycles. The summed E-state index contributed by atoms with van der Waals surface area (Å²) in [7, 11) is 0. The van der Waals surface area contributed by atoms with Gasteiger partial charge in [-0.2, -0.15) is 0 Å². The molecule has 2 aromatic rings. The molecule has 3 heteroatoms. The van der Waals surface area contributed by atoms with Crippen molar-refractivity contribution in [2.75, 3.05) is 17.6 Å². The van der Waals surface area contributed by atoms with Gasteiger partial charge in [0.15, 0.2) is 0 Å². The Labute approximate surface area is 101 Å². The molecule has 1 heterocycles. The van der Waals surface area contributed by atoms with Gasteiger partial charge in [0.05, 0.1) is 11.2 Å². The molecule has 1 fully saturated rings. The van der Waals surface area contributed by atoms with Crippen molar-refractivity contribution in [1.82, 2.24) is 4.98 Å². The maximum Gasteiger partial charge on any atom is 0.0951 e. The zero-order chi connectivity index (χ0) is 11.7. The third-order valence-corrected chi connectivity index (χ3v) is 3.61. The molecule has 1 saturated carbocycles. The van der Waals surface area contributed by atoms with Crippen LogP contribution in [0.5, 0.6) is 0 Å². The Bertz CT molecular complexity index is 532. The molecule has 0 unspecified atom stereocenters. The number of nitrogen functional groups attached to an aromatic ring is 1. The van der Waals surface area contributed by atoms with E-state index in [1.165, 1.54) is 19.3 Å². The minimum absolute atomic E-state index is 0.745. The first-order valence-corrected chi connectivity index (χ1v) is 6.21. The second-order valence-corrected chi connectivity index (χ2v) is 4.78. The SMILES string of the molecule is Nc1cccc2c(NCC3CCC3)ccnc12. The number of nitrogens with one attached hydrogen (secondary N) is 1. The number of hydrogen-bond donors (Lipinski definition) is 2. The number of rotatable bonds is 3. The smallest absolute Gasteiger partial charge is 0.0951 e. The van der Waals surface area contributed by atoms with Crippen LogP contribution in [0.1, 0.15) is 19.3 Å². The van der Waals surface area contributed by atoms with Crippen molar-refractivity contribution in [1.29, 1.82) is 0 Å². The number of fused-ring (bicyclic) bond motifs is 1. The van der Waals surface area contributed by atoms with Crippen LogP contribution in [0, 0.1) is 5.92 Å². The molecule has 0 amide bonds. The van der Waals surface area contributed by atoms with E-state index in [9.17, 15) is 0 Å². The van der Waals surface area contributed by atoms with E-state index in [1.54, 1.807) is 0 Å². The lowest BCUT2D eigenvalue weighted by atomic mass is 9.85. The number of benzene rings is 1. The van der Waals surface area contributed by atoms with E-state index in [2.05, 4.69) is 16.4 Å². The number of anilines is 2. The first kappa shape index (κ1) is 10.4. The van der Waals surface area contributed by atoms with E-state index in [1.807, 2.05) is 24.4 Å². The molecule has 1 aliphatic rings. The lowest BCUT2D eigenvalue weighted by molar-refractivity contribution is 0.333. The van der Waals surface area contributed by atoms with E-state index < -0.39 is 0 Å². The number of hydrogen-bond acceptors (Lipinski definition) is 3. The maximum atomic E-state index is 5.93. The summed E-state index contributed by atoms with van der Waals surface area (Å²) in [5.41, 5.74) is 8.72. The van der Waals surface area contributed by atoms with Crippen LogP contribution in [-0.4, -0.2) is 11.5 Å². The highest BCUT2D eigenvalue weighted by atomic mass is 14.9. The quantitative estimate of drug-likeness (QED) is 0.792. The van der Waals surface area contributed by atoms with Gasteiger partial charge >= 0.3 is 0 Å². The van der Waals surface area contributed by atoms with Crippen molar-refractivity contribution >= 4 is 22.3 Å². The van der Waals surface area contributed by atoms with Crippen molar-refractivity contribution in [2.24, 2.45) is 5.92 Å². The van der Waals surface area contributed by atoms with Crippen LogP contribution in [0.2, 0.25) is 0 Å². The monoisotopic (exact) mass is 227 g/mol. The Hall–Kier alpha value is -1.77. The van der Waals surface area contributed by atoms with Gasteiger partial charge in [-0.15, -0.1) is 0 Å². The van der Waals surface area contributed by atoms with Gasteiger partial charge in [-0.3, -0.25) is 4.98 Å². The van der Waals surface area contributed by atoms with E-state index >= 15 is 0 Å². The molecule has 0 atom stereocenters. The topological polar surface area (TPSA) is 50.9 Å². The minimum atomic E-state index is 0.745. The Morgan fingerprint density at radius 3 is 2.94 bits per heavy atom. The van der Waals surface area contributed by atoms with Crippen LogP contribution >= 0.6 is 0 Å². The standard InChI is InChI=1S/C14H17N3/c15-12-6-2-5-11-13(7-8-16-14(11)12)17-9-10-3-1-4-10/h2,5-8,10H,1,3-4,9,15H2,(H,16,17). The van der Waals surface area contributed by atoms with Gasteiger partial charge in [-0.25, -0.2) is 0 Å². The molecule has 17 heavy (non-hydrogen) atoms. The molecule has 3 nitrogen and oxygen atoms in total. The number of aromatic nitrogens is 1. The molecule has 3 rings (SSSR count). The largest absolute Gasteiger partial charge is 0.397 e. The molecule has 0 saturated heterocycles. The highest BCUT2D eigenvalue weighted by molar-refractivity contribution is 5.97. The van der Waals surface area contributed by atoms with E-state index in [0.29, 0.717) is 0 Å². The van der Waals surface area contributed by atoms with Crippen LogP contribution in [0.4, 0.5) is 11.4 Å². The van der Waals surface area contributed by atoms with Gasteiger partial charge in [0.2, 0.25) is 0 Å². The third-order valence-electron chi connectivity index (χ3n) is 3.61. The Morgan fingerprint density at radius 2 is 2.18 bits per heavy atom. The fourth-order valence-electron chi connectivity index (χ4n) is 2.30. The molecule has 1 aliphatic carbocycles. The summed E-state index contributed by atoms with van der Waals surface area (Å²) in [4.78, 5) is 4.34. The van der Waals surface area contributed by atoms with E-state index in [-0.39, 0.29) is 0 Å². The molecule has 3 N–H and O–H groups in total. The van der Waals surface area contributed by atoms with Crippen LogP contribution < -0.4 is 11.1 Å². The van der Waals surface area contributed by atoms with E-state index in [4.69, 9.17) is 5.73 Å². The van der Waals surface area contributed by atoms with Gasteiger partial charge in [0.25, 0.3) is 0 Å². The summed E-state index contributed by atoms with van der Waals surface area (Å²) in [6.45, 7) is 1.06. The van der Waals surface area contributed by atoms with Gasteiger partial charge in [0.1, 0.15) is 0 Å². The van der Waals surface area contributed by atoms with Gasteiger partial charge in [-0.05, 0) is 30.9 Å². The Kier molecular flexibility index (Phi) is 2.59. The summed E-state index contributed by atoms with van der Waals surface area (Å²) < 4.78 is 0. The highest BCUT2D eigenvalue weighted by Gasteiger charge is 2.17.